The minimum atomic E-state index is -0.553. The molecule has 2 rings (SSSR count). The molecule has 0 N–H and O–H groups in total. The lowest BCUT2D eigenvalue weighted by Crippen LogP contribution is -2.38. The number of rotatable bonds is 2. The van der Waals surface area contributed by atoms with Gasteiger partial charge in [-0.2, -0.15) is 0 Å². The summed E-state index contributed by atoms with van der Waals surface area (Å²) in [5, 5.41) is 10.9. The van der Waals surface area contributed by atoms with Crippen molar-refractivity contribution < 1.29 is 14.5 Å². The van der Waals surface area contributed by atoms with E-state index in [-0.39, 0.29) is 29.6 Å². The molecule has 1 aromatic rings. The summed E-state index contributed by atoms with van der Waals surface area (Å²) in [4.78, 5) is 37.6. The molecule has 112 valence electrons. The molecule has 1 aliphatic heterocycles. The van der Waals surface area contributed by atoms with Gasteiger partial charge in [-0.1, -0.05) is 0 Å². The van der Waals surface area contributed by atoms with E-state index in [0.29, 0.717) is 24.0 Å². The summed E-state index contributed by atoms with van der Waals surface area (Å²) in [6.45, 7) is 1.06. The lowest BCUT2D eigenvalue weighted by Gasteiger charge is -2.19. The molecule has 0 atom stereocenters. The van der Waals surface area contributed by atoms with Crippen LogP contribution in [0.4, 0.5) is 5.69 Å². The van der Waals surface area contributed by atoms with Gasteiger partial charge in [-0.15, -0.1) is 0 Å². The van der Waals surface area contributed by atoms with E-state index in [1.54, 1.807) is 11.9 Å². The molecule has 1 fully saturated rings. The fraction of sp³-hybridized carbons (Fsp3) is 0.385. The standard InChI is InChI=1S/C13H14BrN3O4/c1-15-5-2-6-16(8-12(15)18)13(19)9-3-4-10(14)11(7-9)17(20)21/h3-4,7H,2,5-6,8H2,1H3. The van der Waals surface area contributed by atoms with Crippen LogP contribution in [0.1, 0.15) is 16.8 Å². The Balaban J connectivity index is 2.25. The van der Waals surface area contributed by atoms with Crippen LogP contribution in [0.5, 0.6) is 0 Å². The number of amides is 2. The van der Waals surface area contributed by atoms with Crippen LogP contribution < -0.4 is 0 Å². The SMILES string of the molecule is CN1CCCN(C(=O)c2ccc(Br)c([N+](=O)[O-])c2)CC1=O. The summed E-state index contributed by atoms with van der Waals surface area (Å²) >= 11 is 3.08. The molecule has 0 aromatic heterocycles. The zero-order chi connectivity index (χ0) is 15.6. The number of nitro groups is 1. The molecule has 0 bridgehead atoms. The molecule has 1 aromatic carbocycles. The minimum Gasteiger partial charge on any atom is -0.344 e. The Kier molecular flexibility index (Phi) is 4.56. The number of halogens is 1. The van der Waals surface area contributed by atoms with E-state index in [2.05, 4.69) is 15.9 Å². The fourth-order valence-corrected chi connectivity index (χ4v) is 2.52. The highest BCUT2D eigenvalue weighted by Gasteiger charge is 2.25. The number of hydrogen-bond donors (Lipinski definition) is 0. The summed E-state index contributed by atoms with van der Waals surface area (Å²) in [7, 11) is 1.70. The number of benzene rings is 1. The second-order valence-electron chi connectivity index (χ2n) is 4.82. The van der Waals surface area contributed by atoms with Gasteiger partial charge in [-0.3, -0.25) is 19.7 Å². The van der Waals surface area contributed by atoms with Crippen molar-refractivity contribution in [1.82, 2.24) is 9.80 Å². The van der Waals surface area contributed by atoms with Crippen LogP contribution in [0, 0.1) is 10.1 Å². The maximum atomic E-state index is 12.4. The average Bonchev–Trinajstić information content (AvgIpc) is 2.60. The average molecular weight is 356 g/mol. The molecule has 8 heteroatoms. The molecule has 2 amide bonds. The molecule has 21 heavy (non-hydrogen) atoms. The molecule has 0 radical (unpaired) electrons. The molecule has 0 spiro atoms. The van der Waals surface area contributed by atoms with Crippen molar-refractivity contribution >= 4 is 33.4 Å². The van der Waals surface area contributed by atoms with Crippen LogP contribution in [0.25, 0.3) is 0 Å². The number of hydrogen-bond acceptors (Lipinski definition) is 4. The molecular weight excluding hydrogens is 342 g/mol. The topological polar surface area (TPSA) is 83.8 Å². The fourth-order valence-electron chi connectivity index (χ4n) is 2.13. The Bertz CT molecular complexity index is 605. The second kappa shape index (κ2) is 6.21. The Labute approximate surface area is 129 Å². The van der Waals surface area contributed by atoms with Crippen LogP contribution in [-0.2, 0) is 4.79 Å². The normalized spacial score (nSPS) is 15.8. The van der Waals surface area contributed by atoms with E-state index < -0.39 is 4.92 Å². The minimum absolute atomic E-state index is 0.000799. The quantitative estimate of drug-likeness (QED) is 0.596. The molecule has 7 nitrogen and oxygen atoms in total. The van der Waals surface area contributed by atoms with Crippen molar-refractivity contribution in [3.8, 4) is 0 Å². The Morgan fingerprint density at radius 3 is 2.76 bits per heavy atom. The number of nitrogens with zero attached hydrogens (tertiary/aromatic N) is 3. The third kappa shape index (κ3) is 3.38. The Morgan fingerprint density at radius 2 is 2.10 bits per heavy atom. The first-order valence-electron chi connectivity index (χ1n) is 6.37. The van der Waals surface area contributed by atoms with Gasteiger partial charge in [-0.05, 0) is 34.5 Å². The predicted molar refractivity (Wildman–Crippen MR) is 79.0 cm³/mol. The van der Waals surface area contributed by atoms with Crippen LogP contribution in [-0.4, -0.2) is 53.2 Å². The van der Waals surface area contributed by atoms with Gasteiger partial charge in [0.1, 0.15) is 6.54 Å². The molecule has 1 aliphatic rings. The van der Waals surface area contributed by atoms with Crippen LogP contribution >= 0.6 is 15.9 Å². The molecular formula is C13H14BrN3O4. The van der Waals surface area contributed by atoms with E-state index in [1.807, 2.05) is 0 Å². The highest BCUT2D eigenvalue weighted by molar-refractivity contribution is 9.10. The van der Waals surface area contributed by atoms with Gasteiger partial charge in [0.2, 0.25) is 5.91 Å². The third-order valence-electron chi connectivity index (χ3n) is 3.35. The van der Waals surface area contributed by atoms with Gasteiger partial charge >= 0.3 is 0 Å². The van der Waals surface area contributed by atoms with Gasteiger partial charge in [-0.25, -0.2) is 0 Å². The number of likely N-dealkylation sites (N-methyl/N-ethyl adjacent to an activating group) is 1. The number of nitro benzene ring substituents is 1. The number of carbonyl (C=O) groups is 2. The summed E-state index contributed by atoms with van der Waals surface area (Å²) < 4.78 is 0.315. The van der Waals surface area contributed by atoms with Gasteiger partial charge < -0.3 is 9.80 Å². The van der Waals surface area contributed by atoms with Crippen molar-refractivity contribution in [1.29, 1.82) is 0 Å². The van der Waals surface area contributed by atoms with E-state index in [1.165, 1.54) is 23.1 Å². The number of carbonyl (C=O) groups excluding carboxylic acids is 2. The summed E-state index contributed by atoms with van der Waals surface area (Å²) in [5.41, 5.74) is 0.0429. The van der Waals surface area contributed by atoms with Crippen molar-refractivity contribution in [3.63, 3.8) is 0 Å². The highest BCUT2D eigenvalue weighted by Crippen LogP contribution is 2.26. The van der Waals surface area contributed by atoms with Crippen molar-refractivity contribution in [2.24, 2.45) is 0 Å². The van der Waals surface area contributed by atoms with E-state index in [4.69, 9.17) is 0 Å². The molecule has 0 aliphatic carbocycles. The molecule has 0 saturated carbocycles. The summed E-state index contributed by atoms with van der Waals surface area (Å²) in [5.74, 6) is -0.498. The van der Waals surface area contributed by atoms with Crippen molar-refractivity contribution in [2.75, 3.05) is 26.7 Å². The first-order chi connectivity index (χ1) is 9.90. The monoisotopic (exact) mass is 355 g/mol. The van der Waals surface area contributed by atoms with Gasteiger partial charge in [0, 0.05) is 31.8 Å². The van der Waals surface area contributed by atoms with Gasteiger partial charge in [0.25, 0.3) is 11.6 Å². The summed E-state index contributed by atoms with van der Waals surface area (Å²) in [6, 6.07) is 4.21. The third-order valence-corrected chi connectivity index (χ3v) is 4.02. The van der Waals surface area contributed by atoms with Crippen LogP contribution in [0.2, 0.25) is 0 Å². The molecule has 1 saturated heterocycles. The van der Waals surface area contributed by atoms with Crippen molar-refractivity contribution in [3.05, 3.63) is 38.3 Å². The van der Waals surface area contributed by atoms with Gasteiger partial charge in [0.15, 0.2) is 0 Å². The van der Waals surface area contributed by atoms with E-state index in [0.717, 1.165) is 0 Å². The van der Waals surface area contributed by atoms with Crippen LogP contribution in [0.3, 0.4) is 0 Å². The molecule has 0 unspecified atom stereocenters. The second-order valence-corrected chi connectivity index (χ2v) is 5.67. The van der Waals surface area contributed by atoms with Gasteiger partial charge in [0.05, 0.1) is 9.40 Å². The maximum absolute atomic E-state index is 12.4. The zero-order valence-corrected chi connectivity index (χ0v) is 13.0. The maximum Gasteiger partial charge on any atom is 0.284 e. The first-order valence-corrected chi connectivity index (χ1v) is 7.16. The Hall–Kier alpha value is -1.96. The van der Waals surface area contributed by atoms with Crippen molar-refractivity contribution in [2.45, 2.75) is 6.42 Å². The smallest absolute Gasteiger partial charge is 0.284 e. The first kappa shape index (κ1) is 15.4. The predicted octanol–water partition coefficient (Wildman–Crippen LogP) is 1.66. The van der Waals surface area contributed by atoms with Crippen LogP contribution in [0.15, 0.2) is 22.7 Å². The van der Waals surface area contributed by atoms with E-state index in [9.17, 15) is 19.7 Å². The largest absolute Gasteiger partial charge is 0.344 e. The lowest BCUT2D eigenvalue weighted by atomic mass is 10.1. The highest BCUT2D eigenvalue weighted by atomic mass is 79.9. The summed E-state index contributed by atoms with van der Waals surface area (Å²) in [6.07, 6.45) is 0.687. The lowest BCUT2D eigenvalue weighted by molar-refractivity contribution is -0.385. The molecule has 1 heterocycles. The van der Waals surface area contributed by atoms with E-state index >= 15 is 0 Å². The zero-order valence-electron chi connectivity index (χ0n) is 11.4. The Morgan fingerprint density at radius 1 is 1.38 bits per heavy atom.